The van der Waals surface area contributed by atoms with Crippen LogP contribution in [0.5, 0.6) is 0 Å². The van der Waals surface area contributed by atoms with E-state index in [-0.39, 0.29) is 18.0 Å². The second-order valence-electron chi connectivity index (χ2n) is 10.5. The summed E-state index contributed by atoms with van der Waals surface area (Å²) in [5.74, 6) is -1.53. The van der Waals surface area contributed by atoms with Crippen molar-refractivity contribution >= 4 is 24.0 Å². The predicted octanol–water partition coefficient (Wildman–Crippen LogP) is 3.51. The molecular weight excluding hydrogens is 526 g/mol. The fourth-order valence-corrected chi connectivity index (χ4v) is 5.75. The van der Waals surface area contributed by atoms with E-state index in [1.54, 1.807) is 12.1 Å². The summed E-state index contributed by atoms with van der Waals surface area (Å²) >= 11 is 0. The lowest BCUT2D eigenvalue weighted by atomic mass is 9.73. The van der Waals surface area contributed by atoms with E-state index in [0.717, 1.165) is 5.56 Å². The maximum atomic E-state index is 13.1. The minimum Gasteiger partial charge on any atom is -0.481 e. The molecule has 1 unspecified atom stereocenters. The Bertz CT molecular complexity index is 1360. The molecule has 4 N–H and O–H groups in total. The number of carboxylic acids is 1. The van der Waals surface area contributed by atoms with Gasteiger partial charge < -0.3 is 26.0 Å². The number of hydrogen-bond donors (Lipinski definition) is 4. The molecule has 216 valence electrons. The number of carboxylic acid groups (broad SMARTS) is 1. The van der Waals surface area contributed by atoms with Crippen LogP contribution >= 0.6 is 0 Å². The molecule has 2 amide bonds. The summed E-state index contributed by atoms with van der Waals surface area (Å²) in [5, 5.41) is 30.1. The number of nitro groups is 1. The maximum Gasteiger partial charge on any atom is 0.314 e. The van der Waals surface area contributed by atoms with Crippen molar-refractivity contribution in [2.45, 2.75) is 50.9 Å². The highest BCUT2D eigenvalue weighted by Gasteiger charge is 2.42. The van der Waals surface area contributed by atoms with Crippen LogP contribution < -0.4 is 16.0 Å². The minimum absolute atomic E-state index is 0.0540. The Morgan fingerprint density at radius 3 is 2.29 bits per heavy atom. The molecule has 0 bridgehead atoms. The van der Waals surface area contributed by atoms with Crippen molar-refractivity contribution < 1.29 is 24.4 Å². The zero-order chi connectivity index (χ0) is 29.6. The van der Waals surface area contributed by atoms with Crippen LogP contribution in [0.1, 0.15) is 56.6 Å². The first kappa shape index (κ1) is 29.5. The number of nitrogens with zero attached hydrogens (tertiary/aromatic N) is 2. The van der Waals surface area contributed by atoms with E-state index < -0.39 is 22.2 Å². The standard InChI is InChI=1S/C30H35N5O6/c1-20-27(31-19-36)26(22-10-12-24(13-11-22)35(40)41)28(21(2)32-20)33-25(37)9-6-16-34-17-14-30(15-18-34,29(38)39)23-7-4-3-5-8-23/h3-5,7-8,10-13,19,26,32H,6,9,14-18H2,1-2H3,(H,31,36)(H,33,37)(H,38,39). The number of allylic oxidation sites excluding steroid dienone is 2. The molecule has 11 nitrogen and oxygen atoms in total. The first-order valence-corrected chi connectivity index (χ1v) is 13.6. The zero-order valence-corrected chi connectivity index (χ0v) is 23.2. The molecule has 0 radical (unpaired) electrons. The number of likely N-dealkylation sites (tertiary alicyclic amines) is 1. The van der Waals surface area contributed by atoms with Crippen LogP contribution in [0.3, 0.4) is 0 Å². The second-order valence-corrected chi connectivity index (χ2v) is 10.5. The third-order valence-electron chi connectivity index (χ3n) is 8.01. The summed E-state index contributed by atoms with van der Waals surface area (Å²) in [5.41, 5.74) is 3.08. The van der Waals surface area contributed by atoms with Crippen LogP contribution in [0, 0.1) is 10.1 Å². The first-order valence-electron chi connectivity index (χ1n) is 13.6. The van der Waals surface area contributed by atoms with Crippen molar-refractivity contribution in [2.75, 3.05) is 19.6 Å². The van der Waals surface area contributed by atoms with Crippen molar-refractivity contribution in [3.05, 3.63) is 98.6 Å². The summed E-state index contributed by atoms with van der Waals surface area (Å²) in [6, 6.07) is 15.4. The van der Waals surface area contributed by atoms with Crippen molar-refractivity contribution in [1.29, 1.82) is 0 Å². The SMILES string of the molecule is CC1=C(NC=O)C(c2ccc([N+](=O)[O-])cc2)C(NC(=O)CCCN2CCC(C(=O)O)(c3ccccc3)CC2)=C(C)N1. The van der Waals surface area contributed by atoms with Crippen LogP contribution in [-0.2, 0) is 19.8 Å². The lowest BCUT2D eigenvalue weighted by molar-refractivity contribution is -0.384. The normalized spacial score (nSPS) is 18.8. The third kappa shape index (κ3) is 6.46. The smallest absolute Gasteiger partial charge is 0.314 e. The Labute approximate surface area is 238 Å². The zero-order valence-electron chi connectivity index (χ0n) is 23.2. The highest BCUT2D eigenvalue weighted by Crippen LogP contribution is 2.37. The van der Waals surface area contributed by atoms with Crippen LogP contribution in [0.25, 0.3) is 0 Å². The van der Waals surface area contributed by atoms with E-state index in [1.807, 2.05) is 44.2 Å². The number of hydrogen-bond acceptors (Lipinski definition) is 7. The van der Waals surface area contributed by atoms with Crippen molar-refractivity contribution in [2.24, 2.45) is 0 Å². The van der Waals surface area contributed by atoms with Gasteiger partial charge in [0.2, 0.25) is 12.3 Å². The van der Waals surface area contributed by atoms with Gasteiger partial charge in [-0.15, -0.1) is 0 Å². The van der Waals surface area contributed by atoms with Gasteiger partial charge in [0.05, 0.1) is 27.7 Å². The number of dihydropyridines is 1. The fraction of sp³-hybridized carbons (Fsp3) is 0.367. The molecule has 2 aromatic rings. The van der Waals surface area contributed by atoms with Gasteiger partial charge >= 0.3 is 5.97 Å². The number of carbonyl (C=O) groups excluding carboxylic acids is 2. The first-order chi connectivity index (χ1) is 19.7. The van der Waals surface area contributed by atoms with E-state index >= 15 is 0 Å². The van der Waals surface area contributed by atoms with Gasteiger partial charge in [-0.25, -0.2) is 0 Å². The van der Waals surface area contributed by atoms with Gasteiger partial charge in [0.15, 0.2) is 0 Å². The molecule has 2 aliphatic rings. The monoisotopic (exact) mass is 561 g/mol. The number of nitrogens with one attached hydrogen (secondary N) is 3. The van der Waals surface area contributed by atoms with Gasteiger partial charge in [-0.3, -0.25) is 24.5 Å². The number of benzene rings is 2. The summed E-state index contributed by atoms with van der Waals surface area (Å²) in [4.78, 5) is 49.6. The summed E-state index contributed by atoms with van der Waals surface area (Å²) < 4.78 is 0. The van der Waals surface area contributed by atoms with Gasteiger partial charge in [-0.05, 0) is 63.9 Å². The van der Waals surface area contributed by atoms with Gasteiger partial charge in [-0.2, -0.15) is 0 Å². The van der Waals surface area contributed by atoms with Crippen LogP contribution in [-0.4, -0.2) is 52.9 Å². The second kappa shape index (κ2) is 12.8. The van der Waals surface area contributed by atoms with E-state index in [1.165, 1.54) is 12.1 Å². The predicted molar refractivity (Wildman–Crippen MR) is 152 cm³/mol. The molecule has 1 saturated heterocycles. The molecule has 2 aliphatic heterocycles. The molecule has 2 heterocycles. The minimum atomic E-state index is -0.890. The number of rotatable bonds is 11. The number of piperidine rings is 1. The van der Waals surface area contributed by atoms with Crippen LogP contribution in [0.4, 0.5) is 5.69 Å². The highest BCUT2D eigenvalue weighted by molar-refractivity contribution is 5.81. The summed E-state index contributed by atoms with van der Waals surface area (Å²) in [6.45, 7) is 5.55. The average molecular weight is 562 g/mol. The maximum absolute atomic E-state index is 13.1. The lowest BCUT2D eigenvalue weighted by Crippen LogP contribution is -2.47. The number of carbonyl (C=O) groups is 3. The molecule has 0 saturated carbocycles. The Balaban J connectivity index is 1.39. The van der Waals surface area contributed by atoms with E-state index in [2.05, 4.69) is 20.9 Å². The van der Waals surface area contributed by atoms with E-state index in [9.17, 15) is 29.6 Å². The number of nitro benzene ring substituents is 1. The van der Waals surface area contributed by atoms with Crippen molar-refractivity contribution in [1.82, 2.24) is 20.9 Å². The van der Waals surface area contributed by atoms with Gasteiger partial charge in [-0.1, -0.05) is 42.5 Å². The van der Waals surface area contributed by atoms with Crippen LogP contribution in [0.15, 0.2) is 77.4 Å². The topological polar surface area (TPSA) is 154 Å². The third-order valence-corrected chi connectivity index (χ3v) is 8.01. The Morgan fingerprint density at radius 2 is 1.71 bits per heavy atom. The molecule has 41 heavy (non-hydrogen) atoms. The van der Waals surface area contributed by atoms with Gasteiger partial charge in [0, 0.05) is 29.9 Å². The van der Waals surface area contributed by atoms with Crippen LogP contribution in [0.2, 0.25) is 0 Å². The van der Waals surface area contributed by atoms with Gasteiger partial charge in [0.1, 0.15) is 0 Å². The average Bonchev–Trinajstić information content (AvgIpc) is 2.96. The molecule has 11 heteroatoms. The Morgan fingerprint density at radius 1 is 1.07 bits per heavy atom. The van der Waals surface area contributed by atoms with Crippen molar-refractivity contribution in [3.63, 3.8) is 0 Å². The molecule has 0 spiro atoms. The van der Waals surface area contributed by atoms with E-state index in [0.29, 0.717) is 73.7 Å². The molecule has 1 fully saturated rings. The largest absolute Gasteiger partial charge is 0.481 e. The van der Waals surface area contributed by atoms with Crippen molar-refractivity contribution in [3.8, 4) is 0 Å². The molecule has 0 aliphatic carbocycles. The Hall–Kier alpha value is -4.51. The summed E-state index contributed by atoms with van der Waals surface area (Å²) in [7, 11) is 0. The van der Waals surface area contributed by atoms with E-state index in [4.69, 9.17) is 0 Å². The fourth-order valence-electron chi connectivity index (χ4n) is 5.75. The molecule has 0 aromatic heterocycles. The summed E-state index contributed by atoms with van der Waals surface area (Å²) in [6.07, 6.45) is 2.42. The van der Waals surface area contributed by atoms with Gasteiger partial charge in [0.25, 0.3) is 5.69 Å². The highest BCUT2D eigenvalue weighted by atomic mass is 16.6. The molecular formula is C30H35N5O6. The number of aliphatic carboxylic acids is 1. The number of amides is 2. The lowest BCUT2D eigenvalue weighted by Gasteiger charge is -2.39. The Kier molecular flexibility index (Phi) is 9.18. The molecule has 1 atom stereocenters. The number of non-ortho nitro benzene ring substituents is 1. The molecule has 4 rings (SSSR count). The quantitative estimate of drug-likeness (QED) is 0.185. The molecule has 2 aromatic carbocycles.